The molecule has 0 atom stereocenters. The molecule has 1 rings (SSSR count). The third kappa shape index (κ3) is 3.79. The Labute approximate surface area is 118 Å². The topological polar surface area (TPSA) is 99.1 Å². The SMILES string of the molecule is CCC(CC)(CC(=O)O)NC(=O)C1=NN(C)C(=O)CC1. The van der Waals surface area contributed by atoms with Crippen LogP contribution in [0.2, 0.25) is 0 Å². The fourth-order valence-electron chi connectivity index (χ4n) is 2.16. The molecular formula is C13H21N3O4. The molecule has 0 bridgehead atoms. The molecule has 0 aromatic rings. The molecule has 0 aromatic heterocycles. The predicted octanol–water partition coefficient (Wildman–Crippen LogP) is 0.744. The van der Waals surface area contributed by atoms with Gasteiger partial charge in [-0.1, -0.05) is 13.8 Å². The Balaban J connectivity index is 2.84. The van der Waals surface area contributed by atoms with Gasteiger partial charge in [0.25, 0.3) is 5.91 Å². The lowest BCUT2D eigenvalue weighted by Crippen LogP contribution is -2.52. The van der Waals surface area contributed by atoms with Gasteiger partial charge in [-0.15, -0.1) is 0 Å². The summed E-state index contributed by atoms with van der Waals surface area (Å²) in [4.78, 5) is 34.5. The van der Waals surface area contributed by atoms with Gasteiger partial charge in [0.05, 0.1) is 12.0 Å². The molecule has 1 heterocycles. The second-order valence-corrected chi connectivity index (χ2v) is 4.98. The van der Waals surface area contributed by atoms with Crippen LogP contribution >= 0.6 is 0 Å². The van der Waals surface area contributed by atoms with Crippen LogP contribution in [0.3, 0.4) is 0 Å². The van der Waals surface area contributed by atoms with Crippen molar-refractivity contribution in [2.24, 2.45) is 5.10 Å². The van der Waals surface area contributed by atoms with Crippen molar-refractivity contribution in [2.75, 3.05) is 7.05 Å². The summed E-state index contributed by atoms with van der Waals surface area (Å²) in [5.74, 6) is -1.48. The zero-order valence-electron chi connectivity index (χ0n) is 12.1. The number of carboxylic acid groups (broad SMARTS) is 1. The summed E-state index contributed by atoms with van der Waals surface area (Å²) in [6.07, 6.45) is 1.43. The number of hydrazone groups is 1. The summed E-state index contributed by atoms with van der Waals surface area (Å²) in [7, 11) is 1.50. The highest BCUT2D eigenvalue weighted by Crippen LogP contribution is 2.20. The Morgan fingerprint density at radius 1 is 1.35 bits per heavy atom. The Morgan fingerprint density at radius 3 is 2.40 bits per heavy atom. The minimum Gasteiger partial charge on any atom is -0.481 e. The average Bonchev–Trinajstić information content (AvgIpc) is 2.40. The zero-order chi connectivity index (χ0) is 15.3. The Morgan fingerprint density at radius 2 is 1.95 bits per heavy atom. The summed E-state index contributed by atoms with van der Waals surface area (Å²) in [6, 6.07) is 0. The number of carboxylic acids is 1. The summed E-state index contributed by atoms with van der Waals surface area (Å²) in [6.45, 7) is 3.68. The van der Waals surface area contributed by atoms with Gasteiger partial charge in [0.1, 0.15) is 5.71 Å². The fourth-order valence-corrected chi connectivity index (χ4v) is 2.16. The molecule has 7 nitrogen and oxygen atoms in total. The van der Waals surface area contributed by atoms with Crippen LogP contribution in [0.4, 0.5) is 0 Å². The number of amides is 2. The number of nitrogens with zero attached hydrogens (tertiary/aromatic N) is 2. The van der Waals surface area contributed by atoms with Gasteiger partial charge in [-0.3, -0.25) is 14.4 Å². The van der Waals surface area contributed by atoms with Crippen LogP contribution in [0.5, 0.6) is 0 Å². The first kappa shape index (κ1) is 16.1. The molecule has 0 radical (unpaired) electrons. The smallest absolute Gasteiger partial charge is 0.305 e. The largest absolute Gasteiger partial charge is 0.481 e. The van der Waals surface area contributed by atoms with E-state index in [1.165, 1.54) is 7.05 Å². The van der Waals surface area contributed by atoms with E-state index in [-0.39, 0.29) is 30.9 Å². The van der Waals surface area contributed by atoms with Crippen LogP contribution in [0.15, 0.2) is 5.10 Å². The maximum absolute atomic E-state index is 12.2. The molecule has 0 aliphatic carbocycles. The van der Waals surface area contributed by atoms with E-state index in [0.29, 0.717) is 12.8 Å². The molecule has 0 saturated carbocycles. The van der Waals surface area contributed by atoms with Crippen molar-refractivity contribution in [3.8, 4) is 0 Å². The standard InChI is InChI=1S/C13H21N3O4/c1-4-13(5-2,8-11(18)19)14-12(20)9-6-7-10(17)16(3)15-9/h4-8H2,1-3H3,(H,14,20)(H,18,19). The van der Waals surface area contributed by atoms with E-state index in [4.69, 9.17) is 5.11 Å². The highest BCUT2D eigenvalue weighted by molar-refractivity contribution is 6.39. The third-order valence-corrected chi connectivity index (χ3v) is 3.69. The third-order valence-electron chi connectivity index (χ3n) is 3.69. The Hall–Kier alpha value is -1.92. The lowest BCUT2D eigenvalue weighted by molar-refractivity contribution is -0.139. The Bertz CT molecular complexity index is 441. The molecule has 7 heteroatoms. The van der Waals surface area contributed by atoms with E-state index < -0.39 is 17.4 Å². The molecule has 0 saturated heterocycles. The lowest BCUT2D eigenvalue weighted by atomic mass is 9.88. The predicted molar refractivity (Wildman–Crippen MR) is 73.1 cm³/mol. The number of carbonyl (C=O) groups is 3. The second kappa shape index (κ2) is 6.49. The number of carbonyl (C=O) groups excluding carboxylic acids is 2. The first-order valence-electron chi connectivity index (χ1n) is 6.72. The van der Waals surface area contributed by atoms with Gasteiger partial charge in [-0.05, 0) is 12.8 Å². The van der Waals surface area contributed by atoms with E-state index >= 15 is 0 Å². The molecule has 1 aliphatic heterocycles. The van der Waals surface area contributed by atoms with Crippen LogP contribution in [-0.4, -0.2) is 46.2 Å². The number of nitrogens with one attached hydrogen (secondary N) is 1. The zero-order valence-corrected chi connectivity index (χ0v) is 12.1. The molecule has 2 amide bonds. The Kier molecular flexibility index (Phi) is 5.24. The molecule has 0 spiro atoms. The van der Waals surface area contributed by atoms with Crippen molar-refractivity contribution in [1.29, 1.82) is 0 Å². The van der Waals surface area contributed by atoms with Crippen LogP contribution in [0, 0.1) is 0 Å². The van der Waals surface area contributed by atoms with Crippen LogP contribution in [0.25, 0.3) is 0 Å². The summed E-state index contributed by atoms with van der Waals surface area (Å²) >= 11 is 0. The van der Waals surface area contributed by atoms with Gasteiger partial charge in [0.15, 0.2) is 0 Å². The first-order chi connectivity index (χ1) is 9.33. The fraction of sp³-hybridized carbons (Fsp3) is 0.692. The van der Waals surface area contributed by atoms with E-state index in [0.717, 1.165) is 5.01 Å². The van der Waals surface area contributed by atoms with Crippen LogP contribution in [-0.2, 0) is 14.4 Å². The van der Waals surface area contributed by atoms with Gasteiger partial charge in [0.2, 0.25) is 5.91 Å². The molecule has 20 heavy (non-hydrogen) atoms. The van der Waals surface area contributed by atoms with Gasteiger partial charge in [0, 0.05) is 19.9 Å². The van der Waals surface area contributed by atoms with E-state index in [1.54, 1.807) is 0 Å². The highest BCUT2D eigenvalue weighted by Gasteiger charge is 2.33. The molecular weight excluding hydrogens is 262 g/mol. The number of hydrogen-bond donors (Lipinski definition) is 2. The van der Waals surface area contributed by atoms with Crippen molar-refractivity contribution in [3.05, 3.63) is 0 Å². The normalized spacial score (nSPS) is 15.8. The van der Waals surface area contributed by atoms with Crippen LogP contribution in [0.1, 0.15) is 46.0 Å². The van der Waals surface area contributed by atoms with Gasteiger partial charge in [-0.25, -0.2) is 5.01 Å². The van der Waals surface area contributed by atoms with Gasteiger partial charge < -0.3 is 10.4 Å². The van der Waals surface area contributed by atoms with Crippen molar-refractivity contribution >= 4 is 23.5 Å². The minimum atomic E-state index is -0.952. The van der Waals surface area contributed by atoms with Gasteiger partial charge in [-0.2, -0.15) is 5.10 Å². The summed E-state index contributed by atoms with van der Waals surface area (Å²) < 4.78 is 0. The first-order valence-corrected chi connectivity index (χ1v) is 6.72. The van der Waals surface area contributed by atoms with E-state index in [1.807, 2.05) is 13.8 Å². The summed E-state index contributed by atoms with van der Waals surface area (Å²) in [5.41, 5.74) is -0.505. The van der Waals surface area contributed by atoms with E-state index in [2.05, 4.69) is 10.4 Å². The molecule has 0 aromatic carbocycles. The van der Waals surface area contributed by atoms with Crippen molar-refractivity contribution in [1.82, 2.24) is 10.3 Å². The monoisotopic (exact) mass is 283 g/mol. The lowest BCUT2D eigenvalue weighted by Gasteiger charge is -2.32. The molecule has 0 unspecified atom stereocenters. The molecule has 2 N–H and O–H groups in total. The second-order valence-electron chi connectivity index (χ2n) is 4.98. The molecule has 1 aliphatic rings. The van der Waals surface area contributed by atoms with Crippen molar-refractivity contribution < 1.29 is 19.5 Å². The van der Waals surface area contributed by atoms with Crippen molar-refractivity contribution in [2.45, 2.75) is 51.5 Å². The number of aliphatic carboxylic acids is 1. The summed E-state index contributed by atoms with van der Waals surface area (Å²) in [5, 5.41) is 16.8. The van der Waals surface area contributed by atoms with E-state index in [9.17, 15) is 14.4 Å². The van der Waals surface area contributed by atoms with Gasteiger partial charge >= 0.3 is 5.97 Å². The number of hydrogen-bond acceptors (Lipinski definition) is 4. The quantitative estimate of drug-likeness (QED) is 0.751. The maximum Gasteiger partial charge on any atom is 0.305 e. The molecule has 0 fully saturated rings. The van der Waals surface area contributed by atoms with Crippen molar-refractivity contribution in [3.63, 3.8) is 0 Å². The average molecular weight is 283 g/mol. The number of rotatable bonds is 6. The van der Waals surface area contributed by atoms with Crippen LogP contribution < -0.4 is 5.32 Å². The minimum absolute atomic E-state index is 0.131. The molecule has 112 valence electrons. The highest BCUT2D eigenvalue weighted by atomic mass is 16.4. The maximum atomic E-state index is 12.2.